The van der Waals surface area contributed by atoms with Crippen LogP contribution in [0.5, 0.6) is 11.5 Å². The summed E-state index contributed by atoms with van der Waals surface area (Å²) in [6.45, 7) is 2.35. The largest absolute Gasteiger partial charge is 0.481 e. The highest BCUT2D eigenvalue weighted by Gasteiger charge is 2.24. The number of thioether (sulfide) groups is 1. The maximum absolute atomic E-state index is 12.0. The third-order valence-corrected chi connectivity index (χ3v) is 5.74. The van der Waals surface area contributed by atoms with Crippen LogP contribution < -0.4 is 9.47 Å². The number of halogens is 1. The summed E-state index contributed by atoms with van der Waals surface area (Å²) in [5.74, 6) is 0.295. The van der Waals surface area contributed by atoms with Gasteiger partial charge in [-0.2, -0.15) is 0 Å². The summed E-state index contributed by atoms with van der Waals surface area (Å²) in [5, 5.41) is 19.5. The predicted molar refractivity (Wildman–Crippen MR) is 107 cm³/mol. The number of imidazole rings is 1. The SMILES string of the molecule is CCCc1nc(SCCCC(=O)O)c(C(=O)O)n1Cc1cc2c(cc1Cl)OCO2. The average molecular weight is 441 g/mol. The van der Waals surface area contributed by atoms with Crippen molar-refractivity contribution in [2.24, 2.45) is 0 Å². The third-order valence-electron chi connectivity index (χ3n) is 4.33. The summed E-state index contributed by atoms with van der Waals surface area (Å²) in [5.41, 5.74) is 0.790. The Bertz CT molecular complexity index is 930. The second-order valence-corrected chi connectivity index (χ2v) is 7.96. The number of nitrogens with zero attached hydrogens (tertiary/aromatic N) is 2. The molecule has 0 spiro atoms. The highest BCUT2D eigenvalue weighted by Crippen LogP contribution is 2.37. The molecular formula is C19H21ClN2O6S. The van der Waals surface area contributed by atoms with Crippen molar-refractivity contribution >= 4 is 35.3 Å². The van der Waals surface area contributed by atoms with Crippen LogP contribution in [0, 0.1) is 0 Å². The smallest absolute Gasteiger partial charge is 0.355 e. The van der Waals surface area contributed by atoms with Gasteiger partial charge in [0, 0.05) is 29.7 Å². The summed E-state index contributed by atoms with van der Waals surface area (Å²) in [4.78, 5) is 27.2. The van der Waals surface area contributed by atoms with Crippen LogP contribution in [0.1, 0.15) is 48.1 Å². The average Bonchev–Trinajstić information content (AvgIpc) is 3.23. The molecule has 2 aromatic rings. The summed E-state index contributed by atoms with van der Waals surface area (Å²) in [6.07, 6.45) is 1.87. The summed E-state index contributed by atoms with van der Waals surface area (Å²) in [6, 6.07) is 3.42. The predicted octanol–water partition coefficient (Wildman–Crippen LogP) is 3.92. The van der Waals surface area contributed by atoms with Gasteiger partial charge < -0.3 is 24.3 Å². The van der Waals surface area contributed by atoms with E-state index >= 15 is 0 Å². The molecule has 0 amide bonds. The Kier molecular flexibility index (Phi) is 6.92. The zero-order chi connectivity index (χ0) is 21.0. The molecule has 2 N–H and O–H groups in total. The van der Waals surface area contributed by atoms with Gasteiger partial charge in [0.2, 0.25) is 6.79 Å². The fourth-order valence-electron chi connectivity index (χ4n) is 3.01. The van der Waals surface area contributed by atoms with Crippen molar-refractivity contribution in [2.45, 2.75) is 44.2 Å². The van der Waals surface area contributed by atoms with Gasteiger partial charge in [-0.15, -0.1) is 11.8 Å². The van der Waals surface area contributed by atoms with Crippen LogP contribution in [0.25, 0.3) is 0 Å². The van der Waals surface area contributed by atoms with Crippen LogP contribution in [-0.2, 0) is 17.8 Å². The summed E-state index contributed by atoms with van der Waals surface area (Å²) in [7, 11) is 0. The first-order valence-electron chi connectivity index (χ1n) is 9.16. The molecule has 1 aromatic heterocycles. The molecule has 3 rings (SSSR count). The summed E-state index contributed by atoms with van der Waals surface area (Å²) >= 11 is 7.64. The van der Waals surface area contributed by atoms with Gasteiger partial charge in [-0.1, -0.05) is 18.5 Å². The minimum Gasteiger partial charge on any atom is -0.481 e. The van der Waals surface area contributed by atoms with Crippen molar-refractivity contribution in [3.8, 4) is 11.5 Å². The normalized spacial score (nSPS) is 12.3. The molecule has 0 fully saturated rings. The minimum atomic E-state index is -1.09. The highest BCUT2D eigenvalue weighted by molar-refractivity contribution is 7.99. The van der Waals surface area contributed by atoms with E-state index in [4.69, 9.17) is 26.2 Å². The van der Waals surface area contributed by atoms with Crippen LogP contribution in [-0.4, -0.2) is 44.2 Å². The third kappa shape index (κ3) is 4.97. The molecule has 0 saturated heterocycles. The molecule has 0 atom stereocenters. The fraction of sp³-hybridized carbons (Fsp3) is 0.421. The highest BCUT2D eigenvalue weighted by atomic mass is 35.5. The van der Waals surface area contributed by atoms with E-state index in [1.165, 1.54) is 11.8 Å². The monoisotopic (exact) mass is 440 g/mol. The van der Waals surface area contributed by atoms with Crippen LogP contribution in [0.2, 0.25) is 5.02 Å². The van der Waals surface area contributed by atoms with Crippen LogP contribution in [0.3, 0.4) is 0 Å². The number of aryl methyl sites for hydroxylation is 1. The molecular weight excluding hydrogens is 420 g/mol. The number of fused-ring (bicyclic) bond motifs is 1. The number of hydrogen-bond acceptors (Lipinski definition) is 6. The molecule has 1 aromatic carbocycles. The van der Waals surface area contributed by atoms with E-state index < -0.39 is 11.9 Å². The maximum Gasteiger partial charge on any atom is 0.355 e. The lowest BCUT2D eigenvalue weighted by Gasteiger charge is -2.12. The minimum absolute atomic E-state index is 0.0325. The Morgan fingerprint density at radius 1 is 1.28 bits per heavy atom. The molecule has 0 saturated carbocycles. The van der Waals surface area contributed by atoms with Gasteiger partial charge in [-0.25, -0.2) is 9.78 Å². The quantitative estimate of drug-likeness (QED) is 0.422. The van der Waals surface area contributed by atoms with Crippen LogP contribution in [0.15, 0.2) is 17.2 Å². The molecule has 1 aliphatic heterocycles. The zero-order valence-electron chi connectivity index (χ0n) is 15.8. The molecule has 156 valence electrons. The molecule has 8 nitrogen and oxygen atoms in total. The Balaban J connectivity index is 1.92. The Labute approximate surface area is 176 Å². The van der Waals surface area contributed by atoms with Gasteiger partial charge >= 0.3 is 11.9 Å². The molecule has 0 unspecified atom stereocenters. The van der Waals surface area contributed by atoms with Crippen LogP contribution in [0.4, 0.5) is 0 Å². The number of hydrogen-bond donors (Lipinski definition) is 2. The number of aromatic nitrogens is 2. The van der Waals surface area contributed by atoms with Crippen LogP contribution >= 0.6 is 23.4 Å². The number of ether oxygens (including phenoxy) is 2. The van der Waals surface area contributed by atoms with E-state index in [1.807, 2.05) is 6.92 Å². The van der Waals surface area contributed by atoms with E-state index in [-0.39, 0.29) is 25.5 Å². The number of aliphatic carboxylic acids is 1. The van der Waals surface area contributed by atoms with E-state index in [9.17, 15) is 14.7 Å². The van der Waals surface area contributed by atoms with Gasteiger partial charge in [0.25, 0.3) is 0 Å². The number of rotatable bonds is 10. The molecule has 29 heavy (non-hydrogen) atoms. The Hall–Kier alpha value is -2.39. The van der Waals surface area contributed by atoms with E-state index in [1.54, 1.807) is 16.7 Å². The molecule has 0 bridgehead atoms. The van der Waals surface area contributed by atoms with E-state index in [0.717, 1.165) is 6.42 Å². The van der Waals surface area contributed by atoms with Crippen molar-refractivity contribution in [2.75, 3.05) is 12.5 Å². The van der Waals surface area contributed by atoms with Crippen molar-refractivity contribution in [3.63, 3.8) is 0 Å². The number of carbonyl (C=O) groups is 2. The number of aromatic carboxylic acids is 1. The lowest BCUT2D eigenvalue weighted by Crippen LogP contribution is -2.13. The first-order valence-corrected chi connectivity index (χ1v) is 10.5. The molecule has 1 aliphatic rings. The van der Waals surface area contributed by atoms with Gasteiger partial charge in [-0.05, 0) is 24.5 Å². The lowest BCUT2D eigenvalue weighted by molar-refractivity contribution is -0.137. The molecule has 10 heteroatoms. The van der Waals surface area contributed by atoms with Gasteiger partial charge in [-0.3, -0.25) is 4.79 Å². The topological polar surface area (TPSA) is 111 Å². The van der Waals surface area contributed by atoms with E-state index in [2.05, 4.69) is 4.98 Å². The van der Waals surface area contributed by atoms with Gasteiger partial charge in [0.15, 0.2) is 17.2 Å². The number of carboxylic acid groups (broad SMARTS) is 2. The first kappa shape index (κ1) is 21.3. The number of carboxylic acids is 2. The zero-order valence-corrected chi connectivity index (χ0v) is 17.4. The molecule has 0 aliphatic carbocycles. The second-order valence-electron chi connectivity index (χ2n) is 6.47. The van der Waals surface area contributed by atoms with Crippen molar-refractivity contribution < 1.29 is 29.3 Å². The van der Waals surface area contributed by atoms with Gasteiger partial charge in [0.1, 0.15) is 10.9 Å². The Morgan fingerprint density at radius 3 is 2.66 bits per heavy atom. The van der Waals surface area contributed by atoms with Gasteiger partial charge in [0.05, 0.1) is 6.54 Å². The first-order chi connectivity index (χ1) is 13.9. The molecule has 2 heterocycles. The maximum atomic E-state index is 12.0. The lowest BCUT2D eigenvalue weighted by atomic mass is 10.2. The van der Waals surface area contributed by atoms with Crippen molar-refractivity contribution in [1.82, 2.24) is 9.55 Å². The summed E-state index contributed by atoms with van der Waals surface area (Å²) < 4.78 is 12.4. The fourth-order valence-corrected chi connectivity index (χ4v) is 4.21. The van der Waals surface area contributed by atoms with Crippen molar-refractivity contribution in [1.29, 1.82) is 0 Å². The van der Waals surface area contributed by atoms with Crippen molar-refractivity contribution in [3.05, 3.63) is 34.2 Å². The standard InChI is InChI=1S/C19H21ClN2O6S/c1-2-4-15-21-18(29-6-3-5-16(23)24)17(19(25)26)22(15)9-11-7-13-14(8-12(11)20)28-10-27-13/h7-8H,2-6,9-10H2,1H3,(H,23,24)(H,25,26). The number of benzene rings is 1. The second kappa shape index (κ2) is 9.41. The van der Waals surface area contributed by atoms with E-state index in [0.29, 0.717) is 51.5 Å². The Morgan fingerprint density at radius 2 is 2.00 bits per heavy atom. The molecule has 0 radical (unpaired) electrons.